The van der Waals surface area contributed by atoms with Gasteiger partial charge in [0.1, 0.15) is 11.5 Å². The number of Topliss-reactive ketones (excluding diaryl/α,β-unsaturated/α-hetero) is 1. The molecule has 124 valence electrons. The van der Waals surface area contributed by atoms with Crippen LogP contribution in [0.3, 0.4) is 0 Å². The van der Waals surface area contributed by atoms with Crippen LogP contribution in [0.15, 0.2) is 24.3 Å². The summed E-state index contributed by atoms with van der Waals surface area (Å²) in [5.74, 6) is -1.50. The minimum absolute atomic E-state index is 0.233. The molecule has 1 fully saturated rings. The highest BCUT2D eigenvalue weighted by molar-refractivity contribution is 6.12. The molecule has 0 aromatic heterocycles. The predicted molar refractivity (Wildman–Crippen MR) is 86.2 cm³/mol. The van der Waals surface area contributed by atoms with Crippen molar-refractivity contribution in [2.75, 3.05) is 6.54 Å². The number of rotatable bonds is 2. The highest BCUT2D eigenvalue weighted by Gasteiger charge is 2.39. The van der Waals surface area contributed by atoms with Crippen LogP contribution in [0.5, 0.6) is 0 Å². The van der Waals surface area contributed by atoms with Crippen molar-refractivity contribution in [1.29, 1.82) is 0 Å². The normalized spacial score (nSPS) is 18.7. The van der Waals surface area contributed by atoms with Gasteiger partial charge in [-0.2, -0.15) is 0 Å². The van der Waals surface area contributed by atoms with E-state index in [9.17, 15) is 14.4 Å². The molecule has 0 saturated carbocycles. The SMILES string of the molecule is Cc1ccc(C(=O)C2CCCN(C(=O)OC(C)(C)C)C2=O)cc1. The first-order chi connectivity index (χ1) is 10.7. The second-order valence-corrected chi connectivity index (χ2v) is 6.90. The first-order valence-corrected chi connectivity index (χ1v) is 7.84. The topological polar surface area (TPSA) is 63.7 Å². The van der Waals surface area contributed by atoms with Crippen molar-refractivity contribution in [3.8, 4) is 0 Å². The van der Waals surface area contributed by atoms with Gasteiger partial charge < -0.3 is 4.74 Å². The maximum Gasteiger partial charge on any atom is 0.417 e. The number of hydrogen-bond donors (Lipinski definition) is 0. The molecule has 2 rings (SSSR count). The third-order valence-electron chi connectivity index (χ3n) is 3.71. The Labute approximate surface area is 136 Å². The third-order valence-corrected chi connectivity index (χ3v) is 3.71. The minimum atomic E-state index is -0.807. The highest BCUT2D eigenvalue weighted by atomic mass is 16.6. The van der Waals surface area contributed by atoms with Gasteiger partial charge in [0.05, 0.1) is 0 Å². The maximum atomic E-state index is 12.6. The van der Waals surface area contributed by atoms with Crippen molar-refractivity contribution < 1.29 is 19.1 Å². The lowest BCUT2D eigenvalue weighted by molar-refractivity contribution is -0.135. The molecule has 23 heavy (non-hydrogen) atoms. The molecule has 1 aliphatic rings. The zero-order valence-electron chi connectivity index (χ0n) is 14.1. The Bertz CT molecular complexity index is 613. The molecule has 5 nitrogen and oxygen atoms in total. The van der Waals surface area contributed by atoms with E-state index in [4.69, 9.17) is 4.74 Å². The summed E-state index contributed by atoms with van der Waals surface area (Å²) in [6.07, 6.45) is 0.391. The first-order valence-electron chi connectivity index (χ1n) is 7.84. The van der Waals surface area contributed by atoms with Crippen LogP contribution in [0.2, 0.25) is 0 Å². The number of benzene rings is 1. The van der Waals surface area contributed by atoms with Crippen LogP contribution in [-0.4, -0.2) is 34.8 Å². The zero-order valence-corrected chi connectivity index (χ0v) is 14.1. The van der Waals surface area contributed by atoms with Gasteiger partial charge in [-0.25, -0.2) is 9.69 Å². The lowest BCUT2D eigenvalue weighted by atomic mass is 9.89. The van der Waals surface area contributed by atoms with E-state index in [0.29, 0.717) is 24.9 Å². The van der Waals surface area contributed by atoms with Gasteiger partial charge in [-0.3, -0.25) is 9.59 Å². The molecule has 0 N–H and O–H groups in total. The fourth-order valence-corrected chi connectivity index (χ4v) is 2.54. The Balaban J connectivity index is 2.14. The van der Waals surface area contributed by atoms with Crippen LogP contribution in [0.4, 0.5) is 4.79 Å². The molecule has 5 heteroatoms. The second-order valence-electron chi connectivity index (χ2n) is 6.90. The van der Waals surface area contributed by atoms with Crippen molar-refractivity contribution in [1.82, 2.24) is 4.90 Å². The van der Waals surface area contributed by atoms with Crippen molar-refractivity contribution in [2.45, 2.75) is 46.1 Å². The number of ketones is 1. The van der Waals surface area contributed by atoms with Crippen LogP contribution in [-0.2, 0) is 9.53 Å². The van der Waals surface area contributed by atoms with Crippen LogP contribution >= 0.6 is 0 Å². The average molecular weight is 317 g/mol. The molecule has 0 aliphatic carbocycles. The van der Waals surface area contributed by atoms with Gasteiger partial charge in [0.2, 0.25) is 5.91 Å². The molecular formula is C18H23NO4. The van der Waals surface area contributed by atoms with E-state index in [1.165, 1.54) is 0 Å². The molecule has 1 aliphatic heterocycles. The largest absolute Gasteiger partial charge is 0.443 e. The number of imide groups is 1. The van der Waals surface area contributed by atoms with Gasteiger partial charge in [-0.05, 0) is 40.5 Å². The first kappa shape index (κ1) is 17.2. The summed E-state index contributed by atoms with van der Waals surface area (Å²) < 4.78 is 5.25. The molecule has 1 aromatic carbocycles. The van der Waals surface area contributed by atoms with Gasteiger partial charge in [0.25, 0.3) is 0 Å². The maximum absolute atomic E-state index is 12.6. The Hall–Kier alpha value is -2.17. The summed E-state index contributed by atoms with van der Waals surface area (Å²) in [6, 6.07) is 7.12. The van der Waals surface area contributed by atoms with Gasteiger partial charge in [-0.1, -0.05) is 29.8 Å². The van der Waals surface area contributed by atoms with E-state index in [-0.39, 0.29) is 5.78 Å². The fourth-order valence-electron chi connectivity index (χ4n) is 2.54. The minimum Gasteiger partial charge on any atom is -0.443 e. The standard InChI is InChI=1S/C18H23NO4/c1-12-7-9-13(10-8-12)15(20)14-6-5-11-19(16(14)21)17(22)23-18(2,3)4/h7-10,14H,5-6,11H2,1-4H3. The lowest BCUT2D eigenvalue weighted by Gasteiger charge is -2.31. The van der Waals surface area contributed by atoms with Gasteiger partial charge in [-0.15, -0.1) is 0 Å². The molecule has 0 radical (unpaired) electrons. The molecule has 1 atom stereocenters. The number of likely N-dealkylation sites (tertiary alicyclic amines) is 1. The molecule has 1 unspecified atom stereocenters. The molecule has 2 amide bonds. The van der Waals surface area contributed by atoms with Crippen LogP contribution < -0.4 is 0 Å². The number of piperidine rings is 1. The quantitative estimate of drug-likeness (QED) is 0.620. The Morgan fingerprint density at radius 3 is 2.35 bits per heavy atom. The van der Waals surface area contributed by atoms with Crippen molar-refractivity contribution >= 4 is 17.8 Å². The highest BCUT2D eigenvalue weighted by Crippen LogP contribution is 2.24. The average Bonchev–Trinajstić information content (AvgIpc) is 2.45. The molecule has 1 saturated heterocycles. The van der Waals surface area contributed by atoms with E-state index in [1.807, 2.05) is 19.1 Å². The van der Waals surface area contributed by atoms with E-state index < -0.39 is 23.5 Å². The number of carbonyl (C=O) groups is 3. The number of hydrogen-bond acceptors (Lipinski definition) is 4. The summed E-state index contributed by atoms with van der Waals surface area (Å²) in [5.41, 5.74) is 0.873. The summed E-state index contributed by atoms with van der Waals surface area (Å²) in [5, 5.41) is 0. The molecule has 1 aromatic rings. The van der Waals surface area contributed by atoms with Crippen LogP contribution in [0.1, 0.15) is 49.5 Å². The van der Waals surface area contributed by atoms with Gasteiger partial charge >= 0.3 is 6.09 Å². The van der Waals surface area contributed by atoms with E-state index in [2.05, 4.69) is 0 Å². The Morgan fingerprint density at radius 2 is 1.78 bits per heavy atom. The van der Waals surface area contributed by atoms with Crippen molar-refractivity contribution in [3.05, 3.63) is 35.4 Å². The van der Waals surface area contributed by atoms with E-state index in [1.54, 1.807) is 32.9 Å². The number of aryl methyl sites for hydroxylation is 1. The number of nitrogens with zero attached hydrogens (tertiary/aromatic N) is 1. The van der Waals surface area contributed by atoms with Gasteiger partial charge in [0, 0.05) is 12.1 Å². The van der Waals surface area contributed by atoms with Crippen molar-refractivity contribution in [3.63, 3.8) is 0 Å². The molecule has 0 bridgehead atoms. The van der Waals surface area contributed by atoms with Crippen molar-refractivity contribution in [2.24, 2.45) is 5.92 Å². The summed E-state index contributed by atoms with van der Waals surface area (Å²) in [4.78, 5) is 38.3. The molecular weight excluding hydrogens is 294 g/mol. The number of ether oxygens (including phenoxy) is 1. The Kier molecular flexibility index (Phi) is 4.88. The van der Waals surface area contributed by atoms with Crippen LogP contribution in [0, 0.1) is 12.8 Å². The summed E-state index contributed by atoms with van der Waals surface area (Å²) in [7, 11) is 0. The monoisotopic (exact) mass is 317 g/mol. The molecule has 0 spiro atoms. The smallest absolute Gasteiger partial charge is 0.417 e. The predicted octanol–water partition coefficient (Wildman–Crippen LogP) is 3.35. The van der Waals surface area contributed by atoms with Gasteiger partial charge in [0.15, 0.2) is 5.78 Å². The Morgan fingerprint density at radius 1 is 1.17 bits per heavy atom. The fraction of sp³-hybridized carbons (Fsp3) is 0.500. The number of carbonyl (C=O) groups excluding carboxylic acids is 3. The van der Waals surface area contributed by atoms with E-state index in [0.717, 1.165) is 10.5 Å². The summed E-state index contributed by atoms with van der Waals surface area (Å²) >= 11 is 0. The zero-order chi connectivity index (χ0) is 17.2. The summed E-state index contributed by atoms with van der Waals surface area (Å²) in [6.45, 7) is 7.46. The lowest BCUT2D eigenvalue weighted by Crippen LogP contribution is -2.49. The third kappa shape index (κ3) is 4.18. The molecule has 1 heterocycles. The van der Waals surface area contributed by atoms with Crippen LogP contribution in [0.25, 0.3) is 0 Å². The second kappa shape index (κ2) is 6.52. The van der Waals surface area contributed by atoms with E-state index >= 15 is 0 Å². The number of amides is 2.